The molecule has 2 rings (SSSR count). The molecule has 1 N–H and O–H groups in total. The quantitative estimate of drug-likeness (QED) is 0.804. The summed E-state index contributed by atoms with van der Waals surface area (Å²) < 4.78 is 29.8. The van der Waals surface area contributed by atoms with Crippen molar-refractivity contribution >= 4 is 27.3 Å². The van der Waals surface area contributed by atoms with E-state index in [1.807, 2.05) is 12.3 Å². The van der Waals surface area contributed by atoms with E-state index in [1.165, 1.54) is 21.9 Å². The zero-order valence-corrected chi connectivity index (χ0v) is 13.7. The average molecular weight is 333 g/mol. The van der Waals surface area contributed by atoms with Crippen LogP contribution in [0.4, 0.5) is 0 Å². The SMILES string of the molecule is Cc1nc(CC(=O)NC[C@@H]2CN(S(C)(=O)=O)CCO2)cs1. The molecule has 1 aromatic rings. The molecular formula is C12H19N3O4S2. The van der Waals surface area contributed by atoms with E-state index in [0.29, 0.717) is 19.7 Å². The van der Waals surface area contributed by atoms with Gasteiger partial charge in [-0.15, -0.1) is 11.3 Å². The number of thiazole rings is 1. The molecule has 0 aromatic carbocycles. The topological polar surface area (TPSA) is 88.6 Å². The molecule has 0 spiro atoms. The molecule has 1 atom stereocenters. The molecule has 7 nitrogen and oxygen atoms in total. The Morgan fingerprint density at radius 3 is 3.00 bits per heavy atom. The lowest BCUT2D eigenvalue weighted by Crippen LogP contribution is -2.49. The third-order valence-electron chi connectivity index (χ3n) is 3.11. The molecule has 1 aromatic heterocycles. The Kier molecular flexibility index (Phi) is 5.31. The number of nitrogens with zero attached hydrogens (tertiary/aromatic N) is 2. The Balaban J connectivity index is 1.78. The summed E-state index contributed by atoms with van der Waals surface area (Å²) in [5, 5.41) is 5.55. The van der Waals surface area contributed by atoms with Gasteiger partial charge in [-0.25, -0.2) is 13.4 Å². The molecule has 0 bridgehead atoms. The van der Waals surface area contributed by atoms with Crippen molar-refractivity contribution in [2.45, 2.75) is 19.4 Å². The lowest BCUT2D eigenvalue weighted by molar-refractivity contribution is -0.121. The highest BCUT2D eigenvalue weighted by Crippen LogP contribution is 2.10. The van der Waals surface area contributed by atoms with Gasteiger partial charge >= 0.3 is 0 Å². The number of aryl methyl sites for hydroxylation is 1. The molecule has 0 unspecified atom stereocenters. The maximum absolute atomic E-state index is 11.8. The van der Waals surface area contributed by atoms with E-state index in [0.717, 1.165) is 10.7 Å². The summed E-state index contributed by atoms with van der Waals surface area (Å²) in [7, 11) is -3.21. The van der Waals surface area contributed by atoms with Crippen molar-refractivity contribution < 1.29 is 17.9 Å². The second kappa shape index (κ2) is 6.82. The molecule has 118 valence electrons. The van der Waals surface area contributed by atoms with E-state index in [1.54, 1.807) is 0 Å². The summed E-state index contributed by atoms with van der Waals surface area (Å²) in [4.78, 5) is 16.0. The van der Waals surface area contributed by atoms with Crippen LogP contribution >= 0.6 is 11.3 Å². The Morgan fingerprint density at radius 1 is 1.62 bits per heavy atom. The van der Waals surface area contributed by atoms with Gasteiger partial charge in [0.05, 0.1) is 36.1 Å². The lowest BCUT2D eigenvalue weighted by Gasteiger charge is -2.31. The van der Waals surface area contributed by atoms with Gasteiger partial charge in [0.25, 0.3) is 0 Å². The summed E-state index contributed by atoms with van der Waals surface area (Å²) in [5.74, 6) is -0.139. The molecule has 21 heavy (non-hydrogen) atoms. The highest BCUT2D eigenvalue weighted by Gasteiger charge is 2.26. The van der Waals surface area contributed by atoms with Crippen LogP contribution in [-0.2, 0) is 26.0 Å². The predicted octanol–water partition coefficient (Wildman–Crippen LogP) is -0.229. The van der Waals surface area contributed by atoms with Crippen molar-refractivity contribution in [1.29, 1.82) is 0 Å². The molecular weight excluding hydrogens is 314 g/mol. The molecule has 1 fully saturated rings. The summed E-state index contributed by atoms with van der Waals surface area (Å²) in [6, 6.07) is 0. The Labute approximate surface area is 128 Å². The van der Waals surface area contributed by atoms with Gasteiger partial charge in [0.2, 0.25) is 15.9 Å². The monoisotopic (exact) mass is 333 g/mol. The van der Waals surface area contributed by atoms with Crippen LogP contribution in [0.1, 0.15) is 10.7 Å². The minimum absolute atomic E-state index is 0.139. The molecule has 1 aliphatic heterocycles. The van der Waals surface area contributed by atoms with Crippen LogP contribution in [-0.4, -0.2) is 62.2 Å². The zero-order valence-electron chi connectivity index (χ0n) is 12.0. The zero-order chi connectivity index (χ0) is 15.5. The number of sulfonamides is 1. The van der Waals surface area contributed by atoms with E-state index in [9.17, 15) is 13.2 Å². The number of amides is 1. The number of morpholine rings is 1. The molecule has 0 aliphatic carbocycles. The number of nitrogens with one attached hydrogen (secondary N) is 1. The summed E-state index contributed by atoms with van der Waals surface area (Å²) in [6.45, 7) is 3.17. The number of carbonyl (C=O) groups is 1. The number of aromatic nitrogens is 1. The second-order valence-corrected chi connectivity index (χ2v) is 8.00. The molecule has 9 heteroatoms. The fourth-order valence-electron chi connectivity index (χ4n) is 2.06. The van der Waals surface area contributed by atoms with Gasteiger partial charge in [-0.2, -0.15) is 4.31 Å². The van der Waals surface area contributed by atoms with E-state index < -0.39 is 10.0 Å². The van der Waals surface area contributed by atoms with Crippen molar-refractivity contribution in [3.8, 4) is 0 Å². The first-order valence-corrected chi connectivity index (χ1v) is 9.32. The van der Waals surface area contributed by atoms with Crippen molar-refractivity contribution in [3.05, 3.63) is 16.1 Å². The lowest BCUT2D eigenvalue weighted by atomic mass is 10.3. The first kappa shape index (κ1) is 16.3. The maximum atomic E-state index is 11.8. The minimum atomic E-state index is -3.21. The van der Waals surface area contributed by atoms with Gasteiger partial charge in [-0.3, -0.25) is 4.79 Å². The van der Waals surface area contributed by atoms with Gasteiger partial charge in [-0.1, -0.05) is 0 Å². The summed E-state index contributed by atoms with van der Waals surface area (Å²) in [5.41, 5.74) is 0.748. The van der Waals surface area contributed by atoms with E-state index in [2.05, 4.69) is 10.3 Å². The Hall–Kier alpha value is -1.03. The van der Waals surface area contributed by atoms with Gasteiger partial charge < -0.3 is 10.1 Å². The average Bonchev–Trinajstić information content (AvgIpc) is 2.81. The van der Waals surface area contributed by atoms with Crippen LogP contribution < -0.4 is 5.32 Å². The third-order valence-corrected chi connectivity index (χ3v) is 5.20. The molecule has 0 radical (unpaired) electrons. The minimum Gasteiger partial charge on any atom is -0.374 e. The smallest absolute Gasteiger partial charge is 0.226 e. The van der Waals surface area contributed by atoms with Crippen LogP contribution in [0, 0.1) is 6.92 Å². The van der Waals surface area contributed by atoms with Gasteiger partial charge in [0.1, 0.15) is 0 Å². The number of hydrogen-bond acceptors (Lipinski definition) is 6. The molecule has 1 saturated heterocycles. The van der Waals surface area contributed by atoms with Crippen LogP contribution in [0.5, 0.6) is 0 Å². The van der Waals surface area contributed by atoms with E-state index in [4.69, 9.17) is 4.74 Å². The maximum Gasteiger partial charge on any atom is 0.226 e. The number of ether oxygens (including phenoxy) is 1. The molecule has 0 saturated carbocycles. The highest BCUT2D eigenvalue weighted by molar-refractivity contribution is 7.88. The normalized spacial score (nSPS) is 20.4. The standard InChI is InChI=1S/C12H19N3O4S2/c1-9-14-10(8-20-9)5-12(16)13-6-11-7-15(3-4-19-11)21(2,17)18/h8,11H,3-7H2,1-2H3,(H,13,16)/t11-/m1/s1. The summed E-state index contributed by atoms with van der Waals surface area (Å²) >= 11 is 1.51. The fourth-order valence-corrected chi connectivity index (χ4v) is 3.52. The van der Waals surface area contributed by atoms with E-state index in [-0.39, 0.29) is 25.0 Å². The number of hydrogen-bond donors (Lipinski definition) is 1. The second-order valence-electron chi connectivity index (χ2n) is 4.95. The molecule has 1 aliphatic rings. The number of carbonyl (C=O) groups excluding carboxylic acids is 1. The van der Waals surface area contributed by atoms with Crippen LogP contribution in [0.2, 0.25) is 0 Å². The predicted molar refractivity (Wildman–Crippen MR) is 79.7 cm³/mol. The van der Waals surface area contributed by atoms with Crippen molar-refractivity contribution in [3.63, 3.8) is 0 Å². The Morgan fingerprint density at radius 2 is 2.38 bits per heavy atom. The Bertz CT molecular complexity index is 599. The van der Waals surface area contributed by atoms with Crippen molar-refractivity contribution in [2.24, 2.45) is 0 Å². The van der Waals surface area contributed by atoms with Crippen LogP contribution in [0.15, 0.2) is 5.38 Å². The first-order chi connectivity index (χ1) is 9.84. The number of rotatable bonds is 5. The van der Waals surface area contributed by atoms with Crippen molar-refractivity contribution in [2.75, 3.05) is 32.5 Å². The highest BCUT2D eigenvalue weighted by atomic mass is 32.2. The van der Waals surface area contributed by atoms with E-state index >= 15 is 0 Å². The van der Waals surface area contributed by atoms with Crippen LogP contribution in [0.25, 0.3) is 0 Å². The van der Waals surface area contributed by atoms with Crippen molar-refractivity contribution in [1.82, 2.24) is 14.6 Å². The third kappa shape index (κ3) is 5.03. The first-order valence-electron chi connectivity index (χ1n) is 6.59. The van der Waals surface area contributed by atoms with Gasteiger partial charge in [0.15, 0.2) is 0 Å². The summed E-state index contributed by atoms with van der Waals surface area (Å²) in [6.07, 6.45) is 1.10. The largest absolute Gasteiger partial charge is 0.374 e. The van der Waals surface area contributed by atoms with Gasteiger partial charge in [0, 0.05) is 25.0 Å². The fraction of sp³-hybridized carbons (Fsp3) is 0.667. The van der Waals surface area contributed by atoms with Gasteiger partial charge in [-0.05, 0) is 6.92 Å². The van der Waals surface area contributed by atoms with Crippen LogP contribution in [0.3, 0.4) is 0 Å². The molecule has 2 heterocycles. The molecule has 1 amide bonds.